The maximum Gasteiger partial charge on any atom is 0.273 e. The standard InChI is InChI=1S/C17H19Cl2N3O3.ClH/c1-10-14(6-3-7-20-10)21-17(23)15-8-11(25-22-15)9-24-16-12(18)4-2-5-13(16)19;/h2,4-5,8,10,14,20H,3,6-7,9H2,1H3,(H,21,23);1H. The van der Waals surface area contributed by atoms with Crippen LogP contribution < -0.4 is 15.4 Å². The number of piperidine rings is 1. The summed E-state index contributed by atoms with van der Waals surface area (Å²) in [6.45, 7) is 3.11. The molecule has 26 heavy (non-hydrogen) atoms. The SMILES string of the molecule is CC1NCCCC1NC(=O)c1cc(COc2c(Cl)cccc2Cl)on1.Cl. The highest BCUT2D eigenvalue weighted by Crippen LogP contribution is 2.32. The van der Waals surface area contributed by atoms with E-state index in [1.165, 1.54) is 0 Å². The predicted octanol–water partition coefficient (Wildman–Crippen LogP) is 3.85. The molecule has 2 N–H and O–H groups in total. The van der Waals surface area contributed by atoms with Crippen molar-refractivity contribution in [3.63, 3.8) is 0 Å². The molecule has 1 saturated heterocycles. The van der Waals surface area contributed by atoms with Gasteiger partial charge in [-0.25, -0.2) is 0 Å². The summed E-state index contributed by atoms with van der Waals surface area (Å²) in [5.41, 5.74) is 0.224. The van der Waals surface area contributed by atoms with Crippen LogP contribution in [-0.4, -0.2) is 29.7 Å². The van der Waals surface area contributed by atoms with Crippen molar-refractivity contribution in [2.24, 2.45) is 0 Å². The second-order valence-corrected chi connectivity index (χ2v) is 6.80. The van der Waals surface area contributed by atoms with Crippen LogP contribution in [0.4, 0.5) is 0 Å². The largest absolute Gasteiger partial charge is 0.482 e. The monoisotopic (exact) mass is 419 g/mol. The first kappa shape index (κ1) is 20.8. The van der Waals surface area contributed by atoms with Crippen molar-refractivity contribution in [2.75, 3.05) is 6.54 Å². The third kappa shape index (κ3) is 5.04. The summed E-state index contributed by atoms with van der Waals surface area (Å²) in [5.74, 6) is 0.526. The molecule has 2 aromatic rings. The van der Waals surface area contributed by atoms with Crippen LogP contribution in [0, 0.1) is 0 Å². The Morgan fingerprint density at radius 1 is 1.42 bits per heavy atom. The van der Waals surface area contributed by atoms with E-state index in [-0.39, 0.29) is 42.7 Å². The highest BCUT2D eigenvalue weighted by molar-refractivity contribution is 6.37. The number of aromatic nitrogens is 1. The van der Waals surface area contributed by atoms with Crippen molar-refractivity contribution < 1.29 is 14.1 Å². The van der Waals surface area contributed by atoms with Crippen molar-refractivity contribution in [1.29, 1.82) is 0 Å². The lowest BCUT2D eigenvalue weighted by Gasteiger charge is -2.30. The maximum absolute atomic E-state index is 12.3. The van der Waals surface area contributed by atoms with E-state index >= 15 is 0 Å². The predicted molar refractivity (Wildman–Crippen MR) is 102 cm³/mol. The quantitative estimate of drug-likeness (QED) is 0.768. The molecule has 0 saturated carbocycles. The molecule has 1 amide bonds. The minimum absolute atomic E-state index is 0. The highest BCUT2D eigenvalue weighted by Gasteiger charge is 2.24. The number of amides is 1. The average Bonchev–Trinajstić information content (AvgIpc) is 3.05. The van der Waals surface area contributed by atoms with Crippen molar-refractivity contribution in [3.05, 3.63) is 45.8 Å². The van der Waals surface area contributed by atoms with Crippen LogP contribution in [0.1, 0.15) is 36.0 Å². The van der Waals surface area contributed by atoms with Crippen LogP contribution in [0.5, 0.6) is 5.75 Å². The molecule has 1 aliphatic rings. The fourth-order valence-corrected chi connectivity index (χ4v) is 3.24. The van der Waals surface area contributed by atoms with E-state index in [0.29, 0.717) is 21.6 Å². The first-order valence-corrected chi connectivity index (χ1v) is 8.87. The van der Waals surface area contributed by atoms with E-state index in [1.807, 2.05) is 0 Å². The lowest BCUT2D eigenvalue weighted by molar-refractivity contribution is 0.0910. The van der Waals surface area contributed by atoms with Gasteiger partial charge in [-0.3, -0.25) is 4.79 Å². The van der Waals surface area contributed by atoms with Gasteiger partial charge in [0, 0.05) is 18.2 Å². The number of carbonyl (C=O) groups is 1. The van der Waals surface area contributed by atoms with Gasteiger partial charge >= 0.3 is 0 Å². The molecule has 1 fully saturated rings. The third-order valence-electron chi connectivity index (χ3n) is 4.15. The van der Waals surface area contributed by atoms with Gasteiger partial charge in [0.25, 0.3) is 5.91 Å². The zero-order valence-corrected chi connectivity index (χ0v) is 16.5. The van der Waals surface area contributed by atoms with Crippen molar-refractivity contribution in [2.45, 2.75) is 38.5 Å². The van der Waals surface area contributed by atoms with E-state index in [9.17, 15) is 4.79 Å². The lowest BCUT2D eigenvalue weighted by atomic mass is 10.00. The number of para-hydroxylation sites is 1. The number of nitrogens with one attached hydrogen (secondary N) is 2. The second-order valence-electron chi connectivity index (χ2n) is 5.98. The van der Waals surface area contributed by atoms with Crippen LogP contribution >= 0.6 is 35.6 Å². The van der Waals surface area contributed by atoms with E-state index in [0.717, 1.165) is 19.4 Å². The normalized spacial score (nSPS) is 19.5. The minimum atomic E-state index is -0.258. The number of ether oxygens (including phenoxy) is 1. The molecule has 0 aliphatic carbocycles. The Hall–Kier alpha value is -1.47. The molecule has 3 rings (SSSR count). The molecule has 1 aromatic carbocycles. The number of halogens is 3. The molecule has 0 bridgehead atoms. The molecule has 2 atom stereocenters. The Kier molecular flexibility index (Phi) is 7.58. The van der Waals surface area contributed by atoms with E-state index in [4.69, 9.17) is 32.5 Å². The maximum atomic E-state index is 12.3. The first-order valence-electron chi connectivity index (χ1n) is 8.11. The van der Waals surface area contributed by atoms with Crippen molar-refractivity contribution in [3.8, 4) is 5.75 Å². The number of carbonyl (C=O) groups excluding carboxylic acids is 1. The Morgan fingerprint density at radius 3 is 2.85 bits per heavy atom. The summed E-state index contributed by atoms with van der Waals surface area (Å²) >= 11 is 12.1. The Bertz CT molecular complexity index is 734. The van der Waals surface area contributed by atoms with Gasteiger partial charge in [-0.05, 0) is 38.4 Å². The number of rotatable bonds is 5. The molecular weight excluding hydrogens is 401 g/mol. The summed E-state index contributed by atoms with van der Waals surface area (Å²) in [6.07, 6.45) is 1.98. The molecule has 1 aliphatic heterocycles. The Balaban J connectivity index is 0.00000243. The fourth-order valence-electron chi connectivity index (χ4n) is 2.74. The van der Waals surface area contributed by atoms with Gasteiger partial charge in [-0.1, -0.05) is 34.4 Å². The lowest BCUT2D eigenvalue weighted by Crippen LogP contribution is -2.51. The van der Waals surface area contributed by atoms with E-state index < -0.39 is 0 Å². The summed E-state index contributed by atoms with van der Waals surface area (Å²) in [5, 5.41) is 10.9. The van der Waals surface area contributed by atoms with Gasteiger partial charge < -0.3 is 19.9 Å². The van der Waals surface area contributed by atoms with Crippen LogP contribution in [0.2, 0.25) is 10.0 Å². The summed E-state index contributed by atoms with van der Waals surface area (Å²) in [4.78, 5) is 12.3. The number of benzene rings is 1. The van der Waals surface area contributed by atoms with E-state index in [2.05, 4.69) is 22.7 Å². The van der Waals surface area contributed by atoms with Crippen LogP contribution in [0.15, 0.2) is 28.8 Å². The average molecular weight is 421 g/mol. The van der Waals surface area contributed by atoms with Crippen molar-refractivity contribution >= 4 is 41.5 Å². The molecule has 2 heterocycles. The highest BCUT2D eigenvalue weighted by atomic mass is 35.5. The smallest absolute Gasteiger partial charge is 0.273 e. The van der Waals surface area contributed by atoms with Gasteiger partial charge in [0.05, 0.1) is 10.0 Å². The fraction of sp³-hybridized carbons (Fsp3) is 0.412. The summed E-state index contributed by atoms with van der Waals surface area (Å²) < 4.78 is 10.7. The molecule has 0 spiro atoms. The van der Waals surface area contributed by atoms with Gasteiger partial charge in [0.2, 0.25) is 0 Å². The zero-order chi connectivity index (χ0) is 17.8. The topological polar surface area (TPSA) is 76.4 Å². The minimum Gasteiger partial charge on any atom is -0.482 e. The van der Waals surface area contributed by atoms with Gasteiger partial charge in [0.15, 0.2) is 17.2 Å². The first-order chi connectivity index (χ1) is 12.0. The molecule has 2 unspecified atom stereocenters. The van der Waals surface area contributed by atoms with Crippen LogP contribution in [-0.2, 0) is 6.61 Å². The Morgan fingerprint density at radius 2 is 2.15 bits per heavy atom. The Labute approximate surface area is 168 Å². The van der Waals surface area contributed by atoms with E-state index in [1.54, 1.807) is 24.3 Å². The molecule has 1 aromatic heterocycles. The number of hydrogen-bond acceptors (Lipinski definition) is 5. The number of nitrogens with zero attached hydrogens (tertiary/aromatic N) is 1. The summed E-state index contributed by atoms with van der Waals surface area (Å²) in [6, 6.07) is 6.97. The van der Waals surface area contributed by atoms with Crippen LogP contribution in [0.25, 0.3) is 0 Å². The zero-order valence-electron chi connectivity index (χ0n) is 14.1. The molecule has 6 nitrogen and oxygen atoms in total. The van der Waals surface area contributed by atoms with Gasteiger partial charge in [-0.15, -0.1) is 12.4 Å². The molecule has 142 valence electrons. The van der Waals surface area contributed by atoms with Gasteiger partial charge in [-0.2, -0.15) is 0 Å². The molecular formula is C17H20Cl3N3O3. The second kappa shape index (κ2) is 9.46. The number of hydrogen-bond donors (Lipinski definition) is 2. The summed E-state index contributed by atoms with van der Waals surface area (Å²) in [7, 11) is 0. The molecule has 0 radical (unpaired) electrons. The third-order valence-corrected chi connectivity index (χ3v) is 4.74. The van der Waals surface area contributed by atoms with Crippen molar-refractivity contribution in [1.82, 2.24) is 15.8 Å². The van der Waals surface area contributed by atoms with Gasteiger partial charge in [0.1, 0.15) is 6.61 Å². The molecule has 9 heteroatoms. The van der Waals surface area contributed by atoms with Crippen LogP contribution in [0.3, 0.4) is 0 Å².